The number of nitrogens with zero attached hydrogens (tertiary/aromatic N) is 1. The first-order valence-corrected chi connectivity index (χ1v) is 10.2. The average Bonchev–Trinajstić information content (AvgIpc) is 2.76. The third kappa shape index (κ3) is 3.28. The molecule has 3 aromatic rings. The Hall–Kier alpha value is -2.42. The summed E-state index contributed by atoms with van der Waals surface area (Å²) in [6.07, 6.45) is 1.61. The van der Waals surface area contributed by atoms with Crippen molar-refractivity contribution in [2.24, 2.45) is 5.92 Å². The fourth-order valence-electron chi connectivity index (χ4n) is 5.09. The predicted octanol–water partition coefficient (Wildman–Crippen LogP) is 5.72. The van der Waals surface area contributed by atoms with Crippen LogP contribution < -0.4 is 0 Å². The lowest BCUT2D eigenvalue weighted by Gasteiger charge is -2.53. The molecule has 0 saturated carbocycles. The standard InChI is InChI=1S/C26H29NO/c1-3-23-25(21-15-9-5-10-16-21)27(2)24(20-13-7-4-8-14-20)19-26(23,28)22-17-11-6-12-18-22/h4-18,23-25,28H,3,19H2,1-2H3/t23-,24+,25+,26+/m1/s1. The molecule has 0 unspecified atom stereocenters. The summed E-state index contributed by atoms with van der Waals surface area (Å²) in [6, 6.07) is 31.8. The van der Waals surface area contributed by atoms with E-state index in [1.807, 2.05) is 18.2 Å². The van der Waals surface area contributed by atoms with Gasteiger partial charge in [-0.25, -0.2) is 0 Å². The van der Waals surface area contributed by atoms with E-state index >= 15 is 0 Å². The van der Waals surface area contributed by atoms with E-state index < -0.39 is 5.60 Å². The van der Waals surface area contributed by atoms with Crippen LogP contribution in [0.2, 0.25) is 0 Å². The van der Waals surface area contributed by atoms with Gasteiger partial charge < -0.3 is 5.11 Å². The van der Waals surface area contributed by atoms with Crippen molar-refractivity contribution in [1.82, 2.24) is 4.90 Å². The normalized spacial score (nSPS) is 28.2. The van der Waals surface area contributed by atoms with Crippen molar-refractivity contribution in [3.8, 4) is 0 Å². The lowest BCUT2D eigenvalue weighted by atomic mass is 9.66. The van der Waals surface area contributed by atoms with Gasteiger partial charge in [0.25, 0.3) is 0 Å². The topological polar surface area (TPSA) is 23.5 Å². The van der Waals surface area contributed by atoms with Gasteiger partial charge in [0.2, 0.25) is 0 Å². The number of hydrogen-bond donors (Lipinski definition) is 1. The van der Waals surface area contributed by atoms with Crippen LogP contribution >= 0.6 is 0 Å². The van der Waals surface area contributed by atoms with Crippen molar-refractivity contribution in [2.45, 2.75) is 37.5 Å². The number of rotatable bonds is 4. The molecular weight excluding hydrogens is 342 g/mol. The van der Waals surface area contributed by atoms with Gasteiger partial charge in [-0.2, -0.15) is 0 Å². The fourth-order valence-corrected chi connectivity index (χ4v) is 5.09. The molecular formula is C26H29NO. The Balaban J connectivity index is 1.86. The molecule has 1 fully saturated rings. The van der Waals surface area contributed by atoms with Gasteiger partial charge in [0.05, 0.1) is 5.60 Å². The largest absolute Gasteiger partial charge is 0.385 e. The van der Waals surface area contributed by atoms with Crippen LogP contribution in [0.4, 0.5) is 0 Å². The molecule has 4 atom stereocenters. The lowest BCUT2D eigenvalue weighted by molar-refractivity contribution is -0.128. The molecule has 144 valence electrons. The molecule has 2 nitrogen and oxygen atoms in total. The maximum absolute atomic E-state index is 12.2. The summed E-state index contributed by atoms with van der Waals surface area (Å²) in [5, 5.41) is 12.2. The van der Waals surface area contributed by atoms with E-state index in [4.69, 9.17) is 0 Å². The molecule has 1 saturated heterocycles. The maximum atomic E-state index is 12.2. The molecule has 0 bridgehead atoms. The quantitative estimate of drug-likeness (QED) is 0.634. The molecule has 1 aliphatic rings. The Morgan fingerprint density at radius 1 is 0.821 bits per heavy atom. The Morgan fingerprint density at radius 3 is 1.86 bits per heavy atom. The second kappa shape index (κ2) is 7.90. The van der Waals surface area contributed by atoms with E-state index in [-0.39, 0.29) is 18.0 Å². The molecule has 2 heteroatoms. The van der Waals surface area contributed by atoms with Crippen molar-refractivity contribution < 1.29 is 5.11 Å². The van der Waals surface area contributed by atoms with Gasteiger partial charge in [-0.3, -0.25) is 4.90 Å². The van der Waals surface area contributed by atoms with Gasteiger partial charge >= 0.3 is 0 Å². The minimum absolute atomic E-state index is 0.113. The summed E-state index contributed by atoms with van der Waals surface area (Å²) in [6.45, 7) is 2.20. The lowest BCUT2D eigenvalue weighted by Crippen LogP contribution is -2.51. The summed E-state index contributed by atoms with van der Waals surface area (Å²) in [5.41, 5.74) is 2.68. The van der Waals surface area contributed by atoms with E-state index in [1.54, 1.807) is 0 Å². The summed E-state index contributed by atoms with van der Waals surface area (Å²) >= 11 is 0. The number of benzene rings is 3. The smallest absolute Gasteiger partial charge is 0.0960 e. The summed E-state index contributed by atoms with van der Waals surface area (Å²) in [5.74, 6) is 0.113. The average molecular weight is 372 g/mol. The van der Waals surface area contributed by atoms with Crippen LogP contribution in [0.25, 0.3) is 0 Å². The highest BCUT2D eigenvalue weighted by Crippen LogP contribution is 2.54. The van der Waals surface area contributed by atoms with Crippen molar-refractivity contribution in [2.75, 3.05) is 7.05 Å². The molecule has 1 N–H and O–H groups in total. The van der Waals surface area contributed by atoms with Gasteiger partial charge in [0.1, 0.15) is 0 Å². The minimum Gasteiger partial charge on any atom is -0.385 e. The SMILES string of the molecule is CC[C@@H]1[C@H](c2ccccc2)N(C)[C@H](c2ccccc2)C[C@]1(O)c1ccccc1. The molecule has 0 spiro atoms. The van der Waals surface area contributed by atoms with Gasteiger partial charge in [0.15, 0.2) is 0 Å². The molecule has 1 aliphatic heterocycles. The Labute approximate surface area is 168 Å². The summed E-state index contributed by atoms with van der Waals surface area (Å²) in [7, 11) is 2.21. The Kier molecular flexibility index (Phi) is 5.34. The van der Waals surface area contributed by atoms with E-state index in [1.165, 1.54) is 11.1 Å². The zero-order chi connectivity index (χ0) is 19.6. The van der Waals surface area contributed by atoms with E-state index in [9.17, 15) is 5.11 Å². The van der Waals surface area contributed by atoms with Crippen molar-refractivity contribution in [3.05, 3.63) is 108 Å². The van der Waals surface area contributed by atoms with Crippen molar-refractivity contribution in [1.29, 1.82) is 0 Å². The number of hydrogen-bond acceptors (Lipinski definition) is 2. The number of piperidine rings is 1. The molecule has 0 radical (unpaired) electrons. The van der Waals surface area contributed by atoms with E-state index in [0.717, 1.165) is 12.0 Å². The van der Waals surface area contributed by atoms with Crippen molar-refractivity contribution >= 4 is 0 Å². The highest BCUT2D eigenvalue weighted by Gasteiger charge is 2.51. The van der Waals surface area contributed by atoms with E-state index in [2.05, 4.69) is 91.7 Å². The molecule has 28 heavy (non-hydrogen) atoms. The molecule has 0 aliphatic carbocycles. The van der Waals surface area contributed by atoms with Gasteiger partial charge in [0, 0.05) is 24.4 Å². The van der Waals surface area contributed by atoms with Crippen LogP contribution in [0.15, 0.2) is 91.0 Å². The zero-order valence-corrected chi connectivity index (χ0v) is 16.7. The monoisotopic (exact) mass is 371 g/mol. The van der Waals surface area contributed by atoms with Crippen LogP contribution in [0.5, 0.6) is 0 Å². The number of likely N-dealkylation sites (tertiary alicyclic amines) is 1. The van der Waals surface area contributed by atoms with Crippen LogP contribution in [-0.2, 0) is 5.60 Å². The van der Waals surface area contributed by atoms with Crippen molar-refractivity contribution in [3.63, 3.8) is 0 Å². The Bertz CT molecular complexity index is 880. The molecule has 0 aromatic heterocycles. The number of aliphatic hydroxyl groups is 1. The highest BCUT2D eigenvalue weighted by atomic mass is 16.3. The van der Waals surface area contributed by atoms with E-state index in [0.29, 0.717) is 6.42 Å². The molecule has 0 amide bonds. The predicted molar refractivity (Wildman–Crippen MR) is 115 cm³/mol. The second-order valence-electron chi connectivity index (χ2n) is 7.96. The third-order valence-electron chi connectivity index (χ3n) is 6.47. The minimum atomic E-state index is -0.871. The van der Waals surface area contributed by atoms with Gasteiger partial charge in [-0.1, -0.05) is 97.9 Å². The van der Waals surface area contributed by atoms with Gasteiger partial charge in [-0.05, 0) is 30.2 Å². The summed E-state index contributed by atoms with van der Waals surface area (Å²) < 4.78 is 0. The molecule has 4 rings (SSSR count). The van der Waals surface area contributed by atoms with Gasteiger partial charge in [-0.15, -0.1) is 0 Å². The fraction of sp³-hybridized carbons (Fsp3) is 0.308. The highest BCUT2D eigenvalue weighted by molar-refractivity contribution is 5.32. The first-order valence-electron chi connectivity index (χ1n) is 10.2. The van der Waals surface area contributed by atoms with Crippen LogP contribution in [-0.4, -0.2) is 17.1 Å². The second-order valence-corrected chi connectivity index (χ2v) is 7.96. The van der Waals surface area contributed by atoms with Crippen LogP contribution in [0.1, 0.15) is 48.5 Å². The maximum Gasteiger partial charge on any atom is 0.0960 e. The van der Waals surface area contributed by atoms with Crippen LogP contribution in [0.3, 0.4) is 0 Å². The molecule has 1 heterocycles. The molecule has 3 aromatic carbocycles. The summed E-state index contributed by atoms with van der Waals surface area (Å²) in [4.78, 5) is 2.47. The Morgan fingerprint density at radius 2 is 1.32 bits per heavy atom. The third-order valence-corrected chi connectivity index (χ3v) is 6.47. The zero-order valence-electron chi connectivity index (χ0n) is 16.7. The first-order chi connectivity index (χ1) is 13.6. The first kappa shape index (κ1) is 18.9. The van der Waals surface area contributed by atoms with Crippen LogP contribution in [0, 0.1) is 5.92 Å².